The Bertz CT molecular complexity index is 238. The van der Waals surface area contributed by atoms with E-state index in [2.05, 4.69) is 31.4 Å². The molecule has 18 heavy (non-hydrogen) atoms. The van der Waals surface area contributed by atoms with Crippen molar-refractivity contribution in [1.29, 1.82) is 0 Å². The van der Waals surface area contributed by atoms with E-state index in [1.807, 2.05) is 0 Å². The molecule has 0 spiro atoms. The van der Waals surface area contributed by atoms with E-state index in [0.717, 1.165) is 24.5 Å². The fourth-order valence-electron chi connectivity index (χ4n) is 3.58. The van der Waals surface area contributed by atoms with Crippen molar-refractivity contribution in [2.45, 2.75) is 77.8 Å². The van der Waals surface area contributed by atoms with Crippen molar-refractivity contribution in [2.24, 2.45) is 11.3 Å². The first kappa shape index (κ1) is 14.3. The van der Waals surface area contributed by atoms with Crippen molar-refractivity contribution in [3.63, 3.8) is 0 Å². The molecule has 1 aliphatic heterocycles. The molecule has 1 aliphatic carbocycles. The van der Waals surface area contributed by atoms with Gasteiger partial charge in [0.1, 0.15) is 0 Å². The largest absolute Gasteiger partial charge is 0.314 e. The summed E-state index contributed by atoms with van der Waals surface area (Å²) in [5.74, 6) is 0.876. The van der Waals surface area contributed by atoms with Gasteiger partial charge in [0.25, 0.3) is 0 Å². The molecule has 1 heterocycles. The zero-order chi connectivity index (χ0) is 13.0. The van der Waals surface area contributed by atoms with E-state index in [0.29, 0.717) is 5.41 Å². The van der Waals surface area contributed by atoms with Gasteiger partial charge >= 0.3 is 0 Å². The van der Waals surface area contributed by atoms with Gasteiger partial charge in [-0.1, -0.05) is 40.0 Å². The highest BCUT2D eigenvalue weighted by Crippen LogP contribution is 2.31. The van der Waals surface area contributed by atoms with Gasteiger partial charge in [0.05, 0.1) is 0 Å². The van der Waals surface area contributed by atoms with Gasteiger partial charge in [-0.15, -0.1) is 0 Å². The van der Waals surface area contributed by atoms with Crippen LogP contribution in [-0.4, -0.2) is 25.2 Å². The Labute approximate surface area is 113 Å². The topological polar surface area (TPSA) is 24.1 Å². The van der Waals surface area contributed by atoms with Crippen LogP contribution in [0, 0.1) is 11.3 Å². The van der Waals surface area contributed by atoms with Crippen LogP contribution in [0.1, 0.15) is 65.7 Å². The molecule has 106 valence electrons. The maximum Gasteiger partial charge on any atom is 0.0110 e. The molecule has 2 fully saturated rings. The van der Waals surface area contributed by atoms with Crippen molar-refractivity contribution in [1.82, 2.24) is 10.6 Å². The summed E-state index contributed by atoms with van der Waals surface area (Å²) >= 11 is 0. The highest BCUT2D eigenvalue weighted by molar-refractivity contribution is 4.91. The van der Waals surface area contributed by atoms with E-state index in [9.17, 15) is 0 Å². The van der Waals surface area contributed by atoms with Gasteiger partial charge < -0.3 is 10.6 Å². The third-order valence-electron chi connectivity index (χ3n) is 4.58. The lowest BCUT2D eigenvalue weighted by molar-refractivity contribution is 0.171. The van der Waals surface area contributed by atoms with Crippen molar-refractivity contribution in [3.05, 3.63) is 0 Å². The summed E-state index contributed by atoms with van der Waals surface area (Å²) in [7, 11) is 0. The van der Waals surface area contributed by atoms with Gasteiger partial charge in [0.15, 0.2) is 0 Å². The predicted molar refractivity (Wildman–Crippen MR) is 78.8 cm³/mol. The molecule has 0 aromatic heterocycles. The van der Waals surface area contributed by atoms with Gasteiger partial charge in [-0.05, 0) is 43.6 Å². The van der Waals surface area contributed by atoms with Crippen LogP contribution in [0.2, 0.25) is 0 Å². The van der Waals surface area contributed by atoms with Crippen LogP contribution in [-0.2, 0) is 0 Å². The first-order chi connectivity index (χ1) is 8.56. The van der Waals surface area contributed by atoms with Crippen LogP contribution in [0.5, 0.6) is 0 Å². The van der Waals surface area contributed by atoms with Gasteiger partial charge in [0, 0.05) is 18.6 Å². The maximum absolute atomic E-state index is 3.87. The molecule has 3 atom stereocenters. The number of nitrogens with one attached hydrogen (secondary N) is 2. The molecule has 0 amide bonds. The Morgan fingerprint density at radius 2 is 1.72 bits per heavy atom. The van der Waals surface area contributed by atoms with E-state index in [4.69, 9.17) is 0 Å². The molecule has 3 unspecified atom stereocenters. The molecule has 1 saturated heterocycles. The first-order valence-corrected chi connectivity index (χ1v) is 8.03. The Hall–Kier alpha value is -0.0800. The molecule has 0 radical (unpaired) electrons. The fraction of sp³-hybridized carbons (Fsp3) is 1.00. The Balaban J connectivity index is 1.88. The molecular weight excluding hydrogens is 220 g/mol. The second-order valence-electron chi connectivity index (χ2n) is 7.55. The van der Waals surface area contributed by atoms with Crippen molar-refractivity contribution in [2.75, 3.05) is 13.1 Å². The number of rotatable bonds is 3. The average Bonchev–Trinajstić information content (AvgIpc) is 2.37. The van der Waals surface area contributed by atoms with Gasteiger partial charge in [-0.25, -0.2) is 0 Å². The summed E-state index contributed by atoms with van der Waals surface area (Å²) in [5.41, 5.74) is 0.405. The molecule has 2 aliphatic rings. The minimum absolute atomic E-state index is 0.405. The summed E-state index contributed by atoms with van der Waals surface area (Å²) in [6.45, 7) is 9.39. The van der Waals surface area contributed by atoms with E-state index < -0.39 is 0 Å². The van der Waals surface area contributed by atoms with Gasteiger partial charge in [-0.2, -0.15) is 0 Å². The molecule has 1 saturated carbocycles. The molecule has 0 aromatic carbocycles. The minimum atomic E-state index is 0.405. The Kier molecular flexibility index (Phi) is 5.08. The van der Waals surface area contributed by atoms with Crippen LogP contribution in [0.25, 0.3) is 0 Å². The SMILES string of the molecule is CC(C)(C)CNC1CCCCC1C1CCCCN1. The zero-order valence-electron chi connectivity index (χ0n) is 12.6. The van der Waals surface area contributed by atoms with E-state index in [-0.39, 0.29) is 0 Å². The second kappa shape index (κ2) is 6.38. The average molecular weight is 252 g/mol. The quantitative estimate of drug-likeness (QED) is 0.805. The highest BCUT2D eigenvalue weighted by Gasteiger charge is 2.32. The zero-order valence-corrected chi connectivity index (χ0v) is 12.6. The standard InChI is InChI=1S/C16H32N2/c1-16(2,3)12-18-15-9-5-4-8-13(15)14-10-6-7-11-17-14/h13-15,17-18H,4-12H2,1-3H3. The summed E-state index contributed by atoms with van der Waals surface area (Å²) in [6, 6.07) is 1.55. The number of hydrogen-bond acceptors (Lipinski definition) is 2. The summed E-state index contributed by atoms with van der Waals surface area (Å²) in [6.07, 6.45) is 9.89. The number of piperidine rings is 1. The van der Waals surface area contributed by atoms with E-state index >= 15 is 0 Å². The van der Waals surface area contributed by atoms with Gasteiger partial charge in [0.2, 0.25) is 0 Å². The molecule has 0 aromatic rings. The lowest BCUT2D eigenvalue weighted by Crippen LogP contribution is -2.51. The Morgan fingerprint density at radius 1 is 1.00 bits per heavy atom. The maximum atomic E-state index is 3.87. The van der Waals surface area contributed by atoms with Crippen LogP contribution >= 0.6 is 0 Å². The van der Waals surface area contributed by atoms with Crippen molar-refractivity contribution in [3.8, 4) is 0 Å². The van der Waals surface area contributed by atoms with Crippen molar-refractivity contribution >= 4 is 0 Å². The summed E-state index contributed by atoms with van der Waals surface area (Å²) in [4.78, 5) is 0. The molecule has 2 heteroatoms. The molecular formula is C16H32N2. The lowest BCUT2D eigenvalue weighted by atomic mass is 9.77. The van der Waals surface area contributed by atoms with Crippen molar-refractivity contribution < 1.29 is 0 Å². The van der Waals surface area contributed by atoms with E-state index in [1.54, 1.807) is 0 Å². The third kappa shape index (κ3) is 4.24. The number of hydrogen-bond donors (Lipinski definition) is 2. The monoisotopic (exact) mass is 252 g/mol. The van der Waals surface area contributed by atoms with Gasteiger partial charge in [-0.3, -0.25) is 0 Å². The molecule has 2 rings (SSSR count). The van der Waals surface area contributed by atoms with Crippen LogP contribution in [0.4, 0.5) is 0 Å². The van der Waals surface area contributed by atoms with Crippen LogP contribution in [0.3, 0.4) is 0 Å². The lowest BCUT2D eigenvalue weighted by Gasteiger charge is -2.41. The fourth-order valence-corrected chi connectivity index (χ4v) is 3.58. The predicted octanol–water partition coefficient (Wildman–Crippen LogP) is 3.32. The first-order valence-electron chi connectivity index (χ1n) is 8.03. The highest BCUT2D eigenvalue weighted by atomic mass is 15.0. The smallest absolute Gasteiger partial charge is 0.0110 e. The van der Waals surface area contributed by atoms with E-state index in [1.165, 1.54) is 51.5 Å². The molecule has 2 N–H and O–H groups in total. The van der Waals surface area contributed by atoms with Crippen LogP contribution < -0.4 is 10.6 Å². The Morgan fingerprint density at radius 3 is 2.39 bits per heavy atom. The van der Waals surface area contributed by atoms with Crippen LogP contribution in [0.15, 0.2) is 0 Å². The normalized spacial score (nSPS) is 34.5. The molecule has 2 nitrogen and oxygen atoms in total. The summed E-state index contributed by atoms with van der Waals surface area (Å²) < 4.78 is 0. The second-order valence-corrected chi connectivity index (χ2v) is 7.55. The minimum Gasteiger partial charge on any atom is -0.314 e. The summed E-state index contributed by atoms with van der Waals surface area (Å²) in [5, 5.41) is 7.64. The third-order valence-corrected chi connectivity index (χ3v) is 4.58. The molecule has 0 bridgehead atoms.